The Morgan fingerprint density at radius 2 is 1.11 bits per heavy atom. The number of hydrogen-bond donors (Lipinski definition) is 0. The predicted molar refractivity (Wildman–Crippen MR) is 82.3 cm³/mol. The molecule has 0 N–H and O–H groups in total. The van der Waals surface area contributed by atoms with E-state index in [4.69, 9.17) is 19.9 Å². The van der Waals surface area contributed by atoms with Gasteiger partial charge in [-0.15, -0.1) is 0 Å². The zero-order valence-corrected chi connectivity index (χ0v) is 14.2. The second-order valence-electron chi connectivity index (χ2n) is 5.00. The monoisotopic (exact) mass is 294 g/mol. The number of halogens is 1. The molecule has 0 aromatic heterocycles. The van der Waals surface area contributed by atoms with Crippen molar-refractivity contribution in [2.75, 3.05) is 14.2 Å². The van der Waals surface area contributed by atoms with Gasteiger partial charge in [0.25, 0.3) is 0 Å². The highest BCUT2D eigenvalue weighted by Crippen LogP contribution is 2.21. The lowest BCUT2D eigenvalue weighted by Gasteiger charge is -2.19. The van der Waals surface area contributed by atoms with E-state index in [-0.39, 0.29) is 0 Å². The first-order valence-electron chi connectivity index (χ1n) is 7.47. The van der Waals surface area contributed by atoms with Crippen molar-refractivity contribution in [3.05, 3.63) is 0 Å². The van der Waals surface area contributed by atoms with Gasteiger partial charge in [0.05, 0.1) is 0 Å². The minimum atomic E-state index is -2.32. The van der Waals surface area contributed by atoms with Crippen molar-refractivity contribution in [2.45, 2.75) is 77.2 Å². The van der Waals surface area contributed by atoms with E-state index in [0.717, 1.165) is 12.5 Å². The van der Waals surface area contributed by atoms with E-state index in [0.29, 0.717) is 0 Å². The van der Waals surface area contributed by atoms with Crippen molar-refractivity contribution in [2.24, 2.45) is 0 Å². The lowest BCUT2D eigenvalue weighted by Crippen LogP contribution is -2.32. The van der Waals surface area contributed by atoms with Crippen LogP contribution < -0.4 is 0 Å². The molecule has 0 amide bonds. The highest BCUT2D eigenvalue weighted by atomic mass is 35.6. The Morgan fingerprint density at radius 3 is 1.50 bits per heavy atom. The van der Waals surface area contributed by atoms with Gasteiger partial charge >= 0.3 is 7.87 Å². The molecular weight excluding hydrogens is 264 g/mol. The molecule has 0 spiro atoms. The van der Waals surface area contributed by atoms with Crippen molar-refractivity contribution in [1.82, 2.24) is 0 Å². The SMILES string of the molecule is CCCCCCCCCCCC[Si](Cl)(OC)OC. The van der Waals surface area contributed by atoms with Crippen molar-refractivity contribution < 1.29 is 8.85 Å². The average Bonchev–Trinajstić information content (AvgIpc) is 2.40. The van der Waals surface area contributed by atoms with Crippen LogP contribution in [0.1, 0.15) is 71.1 Å². The van der Waals surface area contributed by atoms with Gasteiger partial charge in [-0.2, -0.15) is 0 Å². The average molecular weight is 295 g/mol. The van der Waals surface area contributed by atoms with E-state index in [2.05, 4.69) is 6.92 Å². The molecule has 0 aromatic carbocycles. The zero-order chi connectivity index (χ0) is 13.7. The van der Waals surface area contributed by atoms with Gasteiger partial charge in [-0.1, -0.05) is 82.2 Å². The summed E-state index contributed by atoms with van der Waals surface area (Å²) in [5, 5.41) is 0. The normalized spacial score (nSPS) is 12.0. The first-order valence-corrected chi connectivity index (χ1v) is 10.5. The Bertz CT molecular complexity index is 175. The van der Waals surface area contributed by atoms with Crippen LogP contribution in [0.4, 0.5) is 0 Å². The Labute approximate surface area is 119 Å². The Morgan fingerprint density at radius 1 is 0.722 bits per heavy atom. The van der Waals surface area contributed by atoms with Crippen LogP contribution in [0.3, 0.4) is 0 Å². The largest absolute Gasteiger partial charge is 0.442 e. The van der Waals surface area contributed by atoms with Crippen LogP contribution in [-0.2, 0) is 8.85 Å². The highest BCUT2D eigenvalue weighted by Gasteiger charge is 2.32. The molecule has 0 fully saturated rings. The number of unbranched alkanes of at least 4 members (excludes halogenated alkanes) is 9. The summed E-state index contributed by atoms with van der Waals surface area (Å²) in [6.07, 6.45) is 13.4. The summed E-state index contributed by atoms with van der Waals surface area (Å²) in [5.41, 5.74) is 0. The minimum Gasteiger partial charge on any atom is -0.386 e. The first-order chi connectivity index (χ1) is 8.68. The Balaban J connectivity index is 3.21. The first kappa shape index (κ1) is 18.4. The molecule has 0 radical (unpaired) electrons. The molecule has 110 valence electrons. The van der Waals surface area contributed by atoms with Crippen LogP contribution in [0.5, 0.6) is 0 Å². The van der Waals surface area contributed by atoms with Gasteiger partial charge in [0, 0.05) is 20.3 Å². The standard InChI is InChI=1S/C14H31ClO2Si/c1-4-5-6-7-8-9-10-11-12-13-14-18(15,16-2)17-3/h4-14H2,1-3H3. The summed E-state index contributed by atoms with van der Waals surface area (Å²) >= 11 is 6.21. The van der Waals surface area contributed by atoms with E-state index in [1.807, 2.05) is 0 Å². The molecular formula is C14H31ClO2Si. The molecule has 2 nitrogen and oxygen atoms in total. The van der Waals surface area contributed by atoms with E-state index < -0.39 is 7.87 Å². The molecule has 0 saturated heterocycles. The molecule has 18 heavy (non-hydrogen) atoms. The third-order valence-electron chi connectivity index (χ3n) is 3.44. The summed E-state index contributed by atoms with van der Waals surface area (Å²) < 4.78 is 10.5. The van der Waals surface area contributed by atoms with Gasteiger partial charge in [0.1, 0.15) is 0 Å². The molecule has 0 heterocycles. The van der Waals surface area contributed by atoms with Crippen molar-refractivity contribution in [3.63, 3.8) is 0 Å². The van der Waals surface area contributed by atoms with Crippen LogP contribution in [-0.4, -0.2) is 22.1 Å². The predicted octanol–water partition coefficient (Wildman–Crippen LogP) is 5.38. The van der Waals surface area contributed by atoms with Gasteiger partial charge < -0.3 is 8.85 Å². The fraction of sp³-hybridized carbons (Fsp3) is 1.00. The lowest BCUT2D eigenvalue weighted by atomic mass is 10.1. The Kier molecular flexibility index (Phi) is 12.8. The fourth-order valence-electron chi connectivity index (χ4n) is 2.11. The van der Waals surface area contributed by atoms with Gasteiger partial charge in [-0.3, -0.25) is 0 Å². The molecule has 0 aliphatic carbocycles. The van der Waals surface area contributed by atoms with Crippen LogP contribution in [0.15, 0.2) is 0 Å². The van der Waals surface area contributed by atoms with Gasteiger partial charge in [0.15, 0.2) is 0 Å². The maximum absolute atomic E-state index is 6.21. The summed E-state index contributed by atoms with van der Waals surface area (Å²) in [5.74, 6) is 0. The number of hydrogen-bond acceptors (Lipinski definition) is 2. The van der Waals surface area contributed by atoms with Crippen molar-refractivity contribution >= 4 is 18.9 Å². The summed E-state index contributed by atoms with van der Waals surface area (Å²) in [4.78, 5) is 0. The topological polar surface area (TPSA) is 18.5 Å². The van der Waals surface area contributed by atoms with E-state index in [9.17, 15) is 0 Å². The van der Waals surface area contributed by atoms with Crippen LogP contribution in [0, 0.1) is 0 Å². The maximum Gasteiger partial charge on any atom is 0.442 e. The molecule has 0 bridgehead atoms. The minimum absolute atomic E-state index is 0.901. The van der Waals surface area contributed by atoms with Crippen LogP contribution in [0.25, 0.3) is 0 Å². The molecule has 0 unspecified atom stereocenters. The van der Waals surface area contributed by atoms with Crippen LogP contribution in [0.2, 0.25) is 6.04 Å². The van der Waals surface area contributed by atoms with Gasteiger partial charge in [0.2, 0.25) is 0 Å². The van der Waals surface area contributed by atoms with Crippen molar-refractivity contribution in [3.8, 4) is 0 Å². The second kappa shape index (κ2) is 12.5. The van der Waals surface area contributed by atoms with Crippen LogP contribution >= 0.6 is 11.1 Å². The molecule has 0 rings (SSSR count). The summed E-state index contributed by atoms with van der Waals surface area (Å²) in [6.45, 7) is 2.26. The lowest BCUT2D eigenvalue weighted by molar-refractivity contribution is 0.264. The molecule has 0 aliphatic rings. The Hall–Kier alpha value is 0.427. The van der Waals surface area contributed by atoms with E-state index in [1.54, 1.807) is 14.2 Å². The second-order valence-corrected chi connectivity index (χ2v) is 9.36. The molecule has 0 saturated carbocycles. The highest BCUT2D eigenvalue weighted by molar-refractivity contribution is 7.12. The summed E-state index contributed by atoms with van der Waals surface area (Å²) in [7, 11) is 0.988. The summed E-state index contributed by atoms with van der Waals surface area (Å²) in [6, 6.07) is 0.901. The van der Waals surface area contributed by atoms with Gasteiger partial charge in [-0.05, 0) is 0 Å². The fourth-order valence-corrected chi connectivity index (χ4v) is 3.76. The number of rotatable bonds is 13. The quantitative estimate of drug-likeness (QED) is 0.258. The third-order valence-corrected chi connectivity index (χ3v) is 7.10. The molecule has 0 aliphatic heterocycles. The van der Waals surface area contributed by atoms with E-state index in [1.165, 1.54) is 57.8 Å². The maximum atomic E-state index is 6.21. The smallest absolute Gasteiger partial charge is 0.386 e. The third kappa shape index (κ3) is 10.4. The zero-order valence-electron chi connectivity index (χ0n) is 12.5. The molecule has 0 aromatic rings. The molecule has 0 atom stereocenters. The van der Waals surface area contributed by atoms with Crippen molar-refractivity contribution in [1.29, 1.82) is 0 Å². The van der Waals surface area contributed by atoms with E-state index >= 15 is 0 Å². The van der Waals surface area contributed by atoms with Gasteiger partial charge in [-0.25, -0.2) is 0 Å². The molecule has 4 heteroatoms.